The minimum atomic E-state index is -0.446. The number of amidine groups is 1. The van der Waals surface area contributed by atoms with Crippen LogP contribution >= 0.6 is 27.5 Å². The van der Waals surface area contributed by atoms with Gasteiger partial charge in [0, 0.05) is 57.5 Å². The minimum absolute atomic E-state index is 0.0558. The number of amides is 1. The van der Waals surface area contributed by atoms with Gasteiger partial charge in [-0.1, -0.05) is 35.9 Å². The van der Waals surface area contributed by atoms with E-state index in [9.17, 15) is 9.59 Å². The molecule has 35 heavy (non-hydrogen) atoms. The molecule has 1 aliphatic rings. The summed E-state index contributed by atoms with van der Waals surface area (Å²) in [6, 6.07) is 13.5. The number of benzene rings is 2. The summed E-state index contributed by atoms with van der Waals surface area (Å²) < 4.78 is 6.24. The third-order valence-electron chi connectivity index (χ3n) is 5.85. The molecular formula is C26H24BrClN4O3. The summed E-state index contributed by atoms with van der Waals surface area (Å²) in [5.41, 5.74) is 1.93. The van der Waals surface area contributed by atoms with Crippen LogP contribution in [0.25, 0.3) is 0 Å². The van der Waals surface area contributed by atoms with Gasteiger partial charge in [-0.2, -0.15) is 0 Å². The Balaban J connectivity index is 1.56. The molecule has 1 aromatic heterocycles. The fourth-order valence-electron chi connectivity index (χ4n) is 4.01. The van der Waals surface area contributed by atoms with Crippen molar-refractivity contribution in [3.63, 3.8) is 0 Å². The largest absolute Gasteiger partial charge is 0.496 e. The molecule has 0 unspecified atom stereocenters. The Hall–Kier alpha value is -3.23. The van der Waals surface area contributed by atoms with Crippen molar-refractivity contribution >= 4 is 50.9 Å². The molecule has 0 radical (unpaired) electrons. The first-order valence-corrected chi connectivity index (χ1v) is 12.3. The van der Waals surface area contributed by atoms with Gasteiger partial charge < -0.3 is 15.0 Å². The van der Waals surface area contributed by atoms with E-state index in [1.165, 1.54) is 13.2 Å². The zero-order chi connectivity index (χ0) is 24.9. The average molecular weight is 556 g/mol. The second kappa shape index (κ2) is 11.0. The standard InChI is InChI=1S/C26H24BrClN4O3/c1-35-23-13-19(28)12-21(26(34)31-24-9-8-18(27)15-30-24)20(23)14-22(33)16-4-6-17(7-5-16)25(29)32-10-2-3-11-32/h4-9,12-13,15,29H,2-3,10-11,14H2,1H3,(H,30,31,34). The molecule has 0 saturated carbocycles. The van der Waals surface area contributed by atoms with Crippen LogP contribution in [0.5, 0.6) is 5.75 Å². The normalized spacial score (nSPS) is 12.9. The summed E-state index contributed by atoms with van der Waals surface area (Å²) >= 11 is 9.55. The fourth-order valence-corrected chi connectivity index (χ4v) is 4.45. The first-order valence-electron chi connectivity index (χ1n) is 11.1. The number of nitrogens with one attached hydrogen (secondary N) is 2. The molecule has 2 aromatic carbocycles. The Morgan fingerprint density at radius 2 is 1.80 bits per heavy atom. The van der Waals surface area contributed by atoms with E-state index in [4.69, 9.17) is 21.7 Å². The van der Waals surface area contributed by atoms with Crippen molar-refractivity contribution in [2.24, 2.45) is 0 Å². The van der Waals surface area contributed by atoms with Crippen molar-refractivity contribution in [1.29, 1.82) is 5.41 Å². The first-order chi connectivity index (χ1) is 16.9. The van der Waals surface area contributed by atoms with Gasteiger partial charge in [0.05, 0.1) is 7.11 Å². The molecule has 3 aromatic rings. The number of hydrogen-bond donors (Lipinski definition) is 2. The number of pyridine rings is 1. The third kappa shape index (κ3) is 5.89. The minimum Gasteiger partial charge on any atom is -0.496 e. The van der Waals surface area contributed by atoms with E-state index in [1.807, 2.05) is 4.90 Å². The Labute approximate surface area is 217 Å². The maximum atomic E-state index is 13.2. The van der Waals surface area contributed by atoms with Crippen LogP contribution < -0.4 is 10.1 Å². The molecule has 2 heterocycles. The molecule has 1 aliphatic heterocycles. The molecular weight excluding hydrogens is 532 g/mol. The van der Waals surface area contributed by atoms with Gasteiger partial charge in [0.15, 0.2) is 5.78 Å². The highest BCUT2D eigenvalue weighted by Crippen LogP contribution is 2.30. The average Bonchev–Trinajstić information content (AvgIpc) is 3.41. The van der Waals surface area contributed by atoms with Gasteiger partial charge in [0.1, 0.15) is 17.4 Å². The number of carbonyl (C=O) groups is 2. The van der Waals surface area contributed by atoms with Crippen molar-refractivity contribution in [3.8, 4) is 5.75 Å². The summed E-state index contributed by atoms with van der Waals surface area (Å²) in [7, 11) is 1.47. The molecule has 2 N–H and O–H groups in total. The molecule has 180 valence electrons. The van der Waals surface area contributed by atoms with Crippen LogP contribution in [0.1, 0.15) is 44.7 Å². The van der Waals surface area contributed by atoms with Crippen LogP contribution in [0.3, 0.4) is 0 Å². The number of Topliss-reactive ketones (excluding diaryl/α,β-unsaturated/α-hetero) is 1. The van der Waals surface area contributed by atoms with Gasteiger partial charge in [-0.15, -0.1) is 0 Å². The Kier molecular flexibility index (Phi) is 7.83. The highest BCUT2D eigenvalue weighted by Gasteiger charge is 2.22. The second-order valence-corrected chi connectivity index (χ2v) is 9.52. The summed E-state index contributed by atoms with van der Waals surface area (Å²) in [6.45, 7) is 1.77. The number of aromatic nitrogens is 1. The van der Waals surface area contributed by atoms with E-state index < -0.39 is 5.91 Å². The Morgan fingerprint density at radius 1 is 1.11 bits per heavy atom. The van der Waals surface area contributed by atoms with Crippen LogP contribution in [0.15, 0.2) is 59.2 Å². The lowest BCUT2D eigenvalue weighted by molar-refractivity contribution is 0.0991. The summed E-state index contributed by atoms with van der Waals surface area (Å²) in [4.78, 5) is 32.5. The number of ether oxygens (including phenoxy) is 1. The van der Waals surface area contributed by atoms with Crippen LogP contribution in [0.2, 0.25) is 5.02 Å². The Bertz CT molecular complexity index is 1260. The number of nitrogens with zero attached hydrogens (tertiary/aromatic N) is 2. The summed E-state index contributed by atoms with van der Waals surface area (Å²) in [6.07, 6.45) is 3.71. The zero-order valence-electron chi connectivity index (χ0n) is 19.1. The monoisotopic (exact) mass is 554 g/mol. The SMILES string of the molecule is COc1cc(Cl)cc(C(=O)Nc2ccc(Br)cn2)c1CC(=O)c1ccc(C(=N)N2CCCC2)cc1. The number of ketones is 1. The molecule has 1 fully saturated rings. The Morgan fingerprint density at radius 3 is 2.43 bits per heavy atom. The fraction of sp³-hybridized carbons (Fsp3) is 0.231. The quantitative estimate of drug-likeness (QED) is 0.225. The van der Waals surface area contributed by atoms with Gasteiger partial charge in [-0.25, -0.2) is 4.98 Å². The summed E-state index contributed by atoms with van der Waals surface area (Å²) in [5, 5.41) is 11.5. The maximum absolute atomic E-state index is 13.2. The molecule has 0 aliphatic carbocycles. The maximum Gasteiger partial charge on any atom is 0.257 e. The molecule has 4 rings (SSSR count). The summed E-state index contributed by atoms with van der Waals surface area (Å²) in [5.74, 6) is 0.567. The van der Waals surface area contributed by atoms with Crippen LogP contribution in [-0.2, 0) is 6.42 Å². The van der Waals surface area contributed by atoms with E-state index in [-0.39, 0.29) is 17.8 Å². The molecule has 0 spiro atoms. The van der Waals surface area contributed by atoms with Gasteiger partial charge in [-0.05, 0) is 53.0 Å². The smallest absolute Gasteiger partial charge is 0.257 e. The van der Waals surface area contributed by atoms with Gasteiger partial charge in [0.25, 0.3) is 5.91 Å². The molecule has 0 bridgehead atoms. The van der Waals surface area contributed by atoms with Crippen LogP contribution in [0, 0.1) is 5.41 Å². The van der Waals surface area contributed by atoms with E-state index in [2.05, 4.69) is 26.2 Å². The predicted molar refractivity (Wildman–Crippen MR) is 140 cm³/mol. The number of methoxy groups -OCH3 is 1. The van der Waals surface area contributed by atoms with E-state index in [0.717, 1.165) is 36.0 Å². The van der Waals surface area contributed by atoms with Crippen molar-refractivity contribution in [3.05, 3.63) is 86.5 Å². The number of hydrogen-bond acceptors (Lipinski definition) is 5. The number of halogens is 2. The first kappa shape index (κ1) is 24.9. The molecule has 7 nitrogen and oxygen atoms in total. The lowest BCUT2D eigenvalue weighted by Gasteiger charge is -2.18. The van der Waals surface area contributed by atoms with Gasteiger partial charge in [-0.3, -0.25) is 15.0 Å². The van der Waals surface area contributed by atoms with E-state index >= 15 is 0 Å². The van der Waals surface area contributed by atoms with Gasteiger partial charge in [0.2, 0.25) is 0 Å². The molecule has 1 saturated heterocycles. The zero-order valence-corrected chi connectivity index (χ0v) is 21.4. The topological polar surface area (TPSA) is 95.4 Å². The van der Waals surface area contributed by atoms with Crippen molar-refractivity contribution < 1.29 is 14.3 Å². The number of anilines is 1. The van der Waals surface area contributed by atoms with Crippen LogP contribution in [0.4, 0.5) is 5.82 Å². The lowest BCUT2D eigenvalue weighted by Crippen LogP contribution is -2.27. The second-order valence-electron chi connectivity index (χ2n) is 8.17. The number of likely N-dealkylation sites (tertiary alicyclic amines) is 1. The lowest BCUT2D eigenvalue weighted by atomic mass is 9.96. The molecule has 0 atom stereocenters. The van der Waals surface area contributed by atoms with Gasteiger partial charge >= 0.3 is 0 Å². The predicted octanol–water partition coefficient (Wildman–Crippen LogP) is 5.60. The van der Waals surface area contributed by atoms with E-state index in [1.54, 1.807) is 48.7 Å². The highest BCUT2D eigenvalue weighted by molar-refractivity contribution is 9.10. The number of carbonyl (C=O) groups excluding carboxylic acids is 2. The van der Waals surface area contributed by atoms with Crippen molar-refractivity contribution in [2.45, 2.75) is 19.3 Å². The third-order valence-corrected chi connectivity index (χ3v) is 6.53. The molecule has 1 amide bonds. The van der Waals surface area contributed by atoms with Crippen LogP contribution in [-0.4, -0.2) is 47.6 Å². The van der Waals surface area contributed by atoms with Crippen molar-refractivity contribution in [1.82, 2.24) is 9.88 Å². The molecule has 9 heteroatoms. The van der Waals surface area contributed by atoms with Crippen molar-refractivity contribution in [2.75, 3.05) is 25.5 Å². The highest BCUT2D eigenvalue weighted by atomic mass is 79.9. The number of rotatable bonds is 7. The van der Waals surface area contributed by atoms with E-state index in [0.29, 0.717) is 33.6 Å².